The highest BCUT2D eigenvalue weighted by Crippen LogP contribution is 2.24. The van der Waals surface area contributed by atoms with Crippen molar-refractivity contribution in [2.24, 2.45) is 0 Å². The molecule has 18 heavy (non-hydrogen) atoms. The molecule has 1 aromatic carbocycles. The Balaban J connectivity index is 3.17. The number of carbonyl (C=O) groups excluding carboxylic acids is 1. The van der Waals surface area contributed by atoms with E-state index in [1.54, 1.807) is 18.2 Å². The quantitative estimate of drug-likeness (QED) is 0.453. The van der Waals surface area contributed by atoms with Crippen LogP contribution in [0.15, 0.2) is 24.8 Å². The van der Waals surface area contributed by atoms with Crippen LogP contribution < -0.4 is 4.74 Å². The standard InChI is InChI=1S/C14H14O4/c1-5-8-18-11-6-7-12(10(2)16-3)13(9-11)14(15)17-4/h1,6-7,9H,2,8H2,3-4H3. The van der Waals surface area contributed by atoms with Crippen LogP contribution in [0.3, 0.4) is 0 Å². The van der Waals surface area contributed by atoms with Crippen LogP contribution in [0.25, 0.3) is 5.76 Å². The number of rotatable bonds is 5. The van der Waals surface area contributed by atoms with Gasteiger partial charge in [0.05, 0.1) is 19.8 Å². The highest BCUT2D eigenvalue weighted by molar-refractivity contribution is 5.95. The average molecular weight is 246 g/mol. The van der Waals surface area contributed by atoms with E-state index >= 15 is 0 Å². The number of ether oxygens (including phenoxy) is 3. The predicted octanol–water partition coefficient (Wildman–Crippen LogP) is 2.10. The second-order valence-electron chi connectivity index (χ2n) is 3.32. The molecule has 4 heteroatoms. The highest BCUT2D eigenvalue weighted by Gasteiger charge is 2.15. The van der Waals surface area contributed by atoms with Gasteiger partial charge in [-0.1, -0.05) is 12.5 Å². The van der Waals surface area contributed by atoms with E-state index in [0.29, 0.717) is 22.6 Å². The number of hydrogen-bond donors (Lipinski definition) is 0. The molecular formula is C14H14O4. The van der Waals surface area contributed by atoms with Crippen molar-refractivity contribution in [3.05, 3.63) is 35.9 Å². The normalized spacial score (nSPS) is 9.17. The molecule has 0 unspecified atom stereocenters. The fourth-order valence-electron chi connectivity index (χ4n) is 1.37. The third-order valence-electron chi connectivity index (χ3n) is 2.27. The van der Waals surface area contributed by atoms with Crippen LogP contribution in [0.2, 0.25) is 0 Å². The Morgan fingerprint density at radius 2 is 2.06 bits per heavy atom. The van der Waals surface area contributed by atoms with Gasteiger partial charge in [-0.25, -0.2) is 4.79 Å². The number of terminal acetylenes is 1. The number of carbonyl (C=O) groups is 1. The Bertz CT molecular complexity index is 497. The summed E-state index contributed by atoms with van der Waals surface area (Å²) in [4.78, 5) is 11.7. The Kier molecular flexibility index (Phi) is 4.82. The summed E-state index contributed by atoms with van der Waals surface area (Å²) in [5, 5.41) is 0. The van der Waals surface area contributed by atoms with Crippen molar-refractivity contribution < 1.29 is 19.0 Å². The van der Waals surface area contributed by atoms with Crippen LogP contribution in [0.1, 0.15) is 15.9 Å². The molecule has 0 heterocycles. The third kappa shape index (κ3) is 3.05. The number of hydrogen-bond acceptors (Lipinski definition) is 4. The van der Waals surface area contributed by atoms with Gasteiger partial charge in [-0.2, -0.15) is 0 Å². The Hall–Kier alpha value is -2.41. The molecule has 0 aliphatic heterocycles. The van der Waals surface area contributed by atoms with Crippen LogP contribution in [-0.2, 0) is 9.47 Å². The predicted molar refractivity (Wildman–Crippen MR) is 68.2 cm³/mol. The van der Waals surface area contributed by atoms with Gasteiger partial charge in [0.15, 0.2) is 0 Å². The second-order valence-corrected chi connectivity index (χ2v) is 3.32. The van der Waals surface area contributed by atoms with Gasteiger partial charge in [0.25, 0.3) is 0 Å². The van der Waals surface area contributed by atoms with Crippen LogP contribution in [0.5, 0.6) is 5.75 Å². The zero-order valence-electron chi connectivity index (χ0n) is 10.4. The molecule has 0 saturated carbocycles. The molecule has 0 bridgehead atoms. The smallest absolute Gasteiger partial charge is 0.338 e. The molecule has 0 N–H and O–H groups in total. The number of esters is 1. The molecule has 0 spiro atoms. The number of methoxy groups -OCH3 is 2. The first kappa shape index (κ1) is 13.7. The van der Waals surface area contributed by atoms with Crippen molar-refractivity contribution in [3.63, 3.8) is 0 Å². The topological polar surface area (TPSA) is 44.8 Å². The maximum absolute atomic E-state index is 11.7. The summed E-state index contributed by atoms with van der Waals surface area (Å²) in [6, 6.07) is 4.90. The van der Waals surface area contributed by atoms with Gasteiger partial charge in [-0.3, -0.25) is 0 Å². The van der Waals surface area contributed by atoms with Crippen LogP contribution in [-0.4, -0.2) is 26.8 Å². The monoisotopic (exact) mass is 246 g/mol. The molecule has 4 nitrogen and oxygen atoms in total. The molecule has 94 valence electrons. The highest BCUT2D eigenvalue weighted by atomic mass is 16.5. The fraction of sp³-hybridized carbons (Fsp3) is 0.214. The summed E-state index contributed by atoms with van der Waals surface area (Å²) < 4.78 is 15.0. The maximum Gasteiger partial charge on any atom is 0.338 e. The lowest BCUT2D eigenvalue weighted by Gasteiger charge is -2.11. The molecule has 0 aliphatic rings. The summed E-state index contributed by atoms with van der Waals surface area (Å²) in [6.07, 6.45) is 5.10. The lowest BCUT2D eigenvalue weighted by atomic mass is 10.1. The minimum Gasteiger partial charge on any atom is -0.497 e. The van der Waals surface area contributed by atoms with Crippen LogP contribution in [0, 0.1) is 12.3 Å². The van der Waals surface area contributed by atoms with Gasteiger partial charge >= 0.3 is 5.97 Å². The van der Waals surface area contributed by atoms with E-state index in [0.717, 1.165) is 0 Å². The van der Waals surface area contributed by atoms with Gasteiger partial charge in [-0.05, 0) is 18.2 Å². The van der Waals surface area contributed by atoms with E-state index in [4.69, 9.17) is 20.6 Å². The molecular weight excluding hydrogens is 232 g/mol. The lowest BCUT2D eigenvalue weighted by molar-refractivity contribution is 0.0599. The summed E-state index contributed by atoms with van der Waals surface area (Å²) in [5.74, 6) is 2.72. The van der Waals surface area contributed by atoms with Crippen LogP contribution in [0.4, 0.5) is 0 Å². The maximum atomic E-state index is 11.7. The van der Waals surface area contributed by atoms with E-state index in [9.17, 15) is 4.79 Å². The molecule has 1 aromatic rings. The van der Waals surface area contributed by atoms with Crippen molar-refractivity contribution in [2.75, 3.05) is 20.8 Å². The molecule has 0 aromatic heterocycles. The molecule has 1 rings (SSSR count). The summed E-state index contributed by atoms with van der Waals surface area (Å²) >= 11 is 0. The molecule has 0 atom stereocenters. The molecule has 0 radical (unpaired) electrons. The molecule has 0 aliphatic carbocycles. The van der Waals surface area contributed by atoms with Crippen molar-refractivity contribution in [3.8, 4) is 18.1 Å². The molecule has 0 amide bonds. The lowest BCUT2D eigenvalue weighted by Crippen LogP contribution is -2.07. The van der Waals surface area contributed by atoms with E-state index in [1.807, 2.05) is 0 Å². The number of benzene rings is 1. The van der Waals surface area contributed by atoms with Gasteiger partial charge < -0.3 is 14.2 Å². The summed E-state index contributed by atoms with van der Waals surface area (Å²) in [5.41, 5.74) is 0.872. The van der Waals surface area contributed by atoms with Crippen molar-refractivity contribution >= 4 is 11.7 Å². The van der Waals surface area contributed by atoms with Gasteiger partial charge in [0.2, 0.25) is 0 Å². The third-order valence-corrected chi connectivity index (χ3v) is 2.27. The Labute approximate surface area is 106 Å². The van der Waals surface area contributed by atoms with E-state index < -0.39 is 5.97 Å². The van der Waals surface area contributed by atoms with Gasteiger partial charge in [0.1, 0.15) is 18.1 Å². The van der Waals surface area contributed by atoms with E-state index in [-0.39, 0.29) is 6.61 Å². The average Bonchev–Trinajstić information content (AvgIpc) is 2.43. The SMILES string of the molecule is C#CCOc1ccc(C(=C)OC)c(C(=O)OC)c1. The molecule has 0 saturated heterocycles. The first-order valence-electron chi connectivity index (χ1n) is 5.16. The van der Waals surface area contributed by atoms with E-state index in [2.05, 4.69) is 12.5 Å². The largest absolute Gasteiger partial charge is 0.497 e. The van der Waals surface area contributed by atoms with Gasteiger partial charge in [0, 0.05) is 5.56 Å². The Morgan fingerprint density at radius 1 is 1.33 bits per heavy atom. The van der Waals surface area contributed by atoms with Gasteiger partial charge in [-0.15, -0.1) is 6.42 Å². The minimum absolute atomic E-state index is 0.130. The van der Waals surface area contributed by atoms with E-state index in [1.165, 1.54) is 14.2 Å². The minimum atomic E-state index is -0.491. The van der Waals surface area contributed by atoms with Crippen molar-refractivity contribution in [2.45, 2.75) is 0 Å². The van der Waals surface area contributed by atoms with Crippen LogP contribution >= 0.6 is 0 Å². The van der Waals surface area contributed by atoms with Crippen molar-refractivity contribution in [1.82, 2.24) is 0 Å². The first-order chi connectivity index (χ1) is 8.63. The zero-order chi connectivity index (χ0) is 13.5. The molecule has 0 fully saturated rings. The zero-order valence-corrected chi connectivity index (χ0v) is 10.4. The Morgan fingerprint density at radius 3 is 2.61 bits per heavy atom. The summed E-state index contributed by atoms with van der Waals surface area (Å²) in [7, 11) is 2.78. The van der Waals surface area contributed by atoms with Crippen molar-refractivity contribution in [1.29, 1.82) is 0 Å². The first-order valence-corrected chi connectivity index (χ1v) is 5.16. The fourth-order valence-corrected chi connectivity index (χ4v) is 1.37. The summed E-state index contributed by atoms with van der Waals surface area (Å²) in [6.45, 7) is 3.84. The second kappa shape index (κ2) is 6.36.